The summed E-state index contributed by atoms with van der Waals surface area (Å²) in [4.78, 5) is 27.8. The quantitative estimate of drug-likeness (QED) is 0.668. The average Bonchev–Trinajstić information content (AvgIpc) is 2.71. The van der Waals surface area contributed by atoms with Gasteiger partial charge in [-0.05, 0) is 44.0 Å². The molecule has 1 aliphatic rings. The third-order valence-corrected chi connectivity index (χ3v) is 5.31. The van der Waals surface area contributed by atoms with Gasteiger partial charge in [0.25, 0.3) is 0 Å². The molecule has 1 atom stereocenters. The van der Waals surface area contributed by atoms with Crippen LogP contribution in [-0.4, -0.2) is 41.2 Å². The monoisotopic (exact) mass is 364 g/mol. The summed E-state index contributed by atoms with van der Waals surface area (Å²) < 4.78 is 7.70. The lowest BCUT2D eigenvalue weighted by Gasteiger charge is -2.33. The minimum absolute atomic E-state index is 0.0132. The fourth-order valence-corrected chi connectivity index (χ4v) is 4.02. The summed E-state index contributed by atoms with van der Waals surface area (Å²) in [7, 11) is 0. The topological polar surface area (TPSA) is 51.5 Å². The van der Waals surface area contributed by atoms with E-state index in [0.29, 0.717) is 23.9 Å². The number of amides is 1. The lowest BCUT2D eigenvalue weighted by atomic mass is 10.1. The van der Waals surface area contributed by atoms with Gasteiger partial charge in [0.2, 0.25) is 5.91 Å². The molecule has 140 valence electrons. The molecular formula is C22H24N2O3. The maximum Gasteiger partial charge on any atom is 0.242 e. The van der Waals surface area contributed by atoms with Crippen LogP contribution in [0.5, 0.6) is 0 Å². The molecule has 3 aromatic rings. The van der Waals surface area contributed by atoms with Gasteiger partial charge in [0.1, 0.15) is 6.54 Å². The number of fused-ring (bicyclic) bond motifs is 2. The Labute approximate surface area is 158 Å². The van der Waals surface area contributed by atoms with Crippen LogP contribution >= 0.6 is 0 Å². The maximum atomic E-state index is 13.1. The SMILES string of the molecule is CCOC1CCCN(C(=O)Cn2c3ccccc3c(=O)c3ccccc32)C1. The third kappa shape index (κ3) is 3.35. The lowest BCUT2D eigenvalue weighted by Crippen LogP contribution is -2.44. The molecule has 2 heterocycles. The van der Waals surface area contributed by atoms with Gasteiger partial charge in [-0.3, -0.25) is 9.59 Å². The van der Waals surface area contributed by atoms with Gasteiger partial charge in [-0.25, -0.2) is 0 Å². The molecule has 0 bridgehead atoms. The van der Waals surface area contributed by atoms with Crippen LogP contribution in [0.1, 0.15) is 19.8 Å². The van der Waals surface area contributed by atoms with E-state index in [1.54, 1.807) is 0 Å². The number of piperidine rings is 1. The highest BCUT2D eigenvalue weighted by Gasteiger charge is 2.24. The van der Waals surface area contributed by atoms with Crippen molar-refractivity contribution in [2.75, 3.05) is 19.7 Å². The first-order chi connectivity index (χ1) is 13.2. The van der Waals surface area contributed by atoms with E-state index >= 15 is 0 Å². The van der Waals surface area contributed by atoms with Crippen molar-refractivity contribution in [3.8, 4) is 0 Å². The molecule has 5 nitrogen and oxygen atoms in total. The number of carbonyl (C=O) groups excluding carboxylic acids is 1. The molecule has 5 heteroatoms. The normalized spacial score (nSPS) is 17.5. The predicted octanol–water partition coefficient (Wildman–Crippen LogP) is 3.18. The summed E-state index contributed by atoms with van der Waals surface area (Å²) in [5.74, 6) is 0.0679. The van der Waals surface area contributed by atoms with Crippen molar-refractivity contribution in [1.82, 2.24) is 9.47 Å². The minimum atomic E-state index is 0.0132. The molecule has 1 unspecified atom stereocenters. The number of hydrogen-bond donors (Lipinski definition) is 0. The van der Waals surface area contributed by atoms with Crippen LogP contribution < -0.4 is 5.43 Å². The van der Waals surface area contributed by atoms with Crippen LogP contribution in [0.25, 0.3) is 21.8 Å². The number of benzene rings is 2. The molecule has 0 radical (unpaired) electrons. The molecule has 1 amide bonds. The highest BCUT2D eigenvalue weighted by molar-refractivity contribution is 5.94. The van der Waals surface area contributed by atoms with Gasteiger partial charge in [0, 0.05) is 30.5 Å². The summed E-state index contributed by atoms with van der Waals surface area (Å²) >= 11 is 0. The number of likely N-dealkylation sites (tertiary alicyclic amines) is 1. The molecule has 4 rings (SSSR count). The molecule has 0 aliphatic carbocycles. The van der Waals surface area contributed by atoms with Gasteiger partial charge >= 0.3 is 0 Å². The van der Waals surface area contributed by atoms with Crippen LogP contribution in [-0.2, 0) is 16.1 Å². The summed E-state index contributed by atoms with van der Waals surface area (Å²) in [6, 6.07) is 15.0. The largest absolute Gasteiger partial charge is 0.377 e. The molecule has 0 saturated carbocycles. The number of pyridine rings is 1. The standard InChI is InChI=1S/C22H24N2O3/c1-2-27-16-8-7-13-23(14-16)21(25)15-24-19-11-5-3-9-17(19)22(26)18-10-4-6-12-20(18)24/h3-6,9-12,16H,2,7-8,13-15H2,1H3. The Morgan fingerprint density at radius 3 is 2.33 bits per heavy atom. The zero-order valence-electron chi connectivity index (χ0n) is 15.6. The minimum Gasteiger partial charge on any atom is -0.377 e. The molecule has 27 heavy (non-hydrogen) atoms. The van der Waals surface area contributed by atoms with E-state index < -0.39 is 0 Å². The number of para-hydroxylation sites is 2. The van der Waals surface area contributed by atoms with Crippen molar-refractivity contribution < 1.29 is 9.53 Å². The summed E-state index contributed by atoms with van der Waals surface area (Å²) in [5, 5.41) is 1.30. The third-order valence-electron chi connectivity index (χ3n) is 5.31. The Balaban J connectivity index is 1.73. The average molecular weight is 364 g/mol. The highest BCUT2D eigenvalue weighted by Crippen LogP contribution is 2.20. The van der Waals surface area contributed by atoms with Gasteiger partial charge in [-0.2, -0.15) is 0 Å². The maximum absolute atomic E-state index is 13.1. The van der Waals surface area contributed by atoms with E-state index in [9.17, 15) is 9.59 Å². The molecule has 1 fully saturated rings. The summed E-state index contributed by atoms with van der Waals surface area (Å²) in [6.45, 7) is 4.28. The first-order valence-corrected chi connectivity index (χ1v) is 9.58. The molecular weight excluding hydrogens is 340 g/mol. The molecule has 1 aromatic heterocycles. The van der Waals surface area contributed by atoms with Crippen molar-refractivity contribution in [3.63, 3.8) is 0 Å². The van der Waals surface area contributed by atoms with Crippen molar-refractivity contribution in [3.05, 3.63) is 58.8 Å². The second kappa shape index (κ2) is 7.53. The van der Waals surface area contributed by atoms with E-state index in [2.05, 4.69) is 0 Å². The number of hydrogen-bond acceptors (Lipinski definition) is 3. The van der Waals surface area contributed by atoms with E-state index in [1.807, 2.05) is 64.9 Å². The van der Waals surface area contributed by atoms with Crippen molar-refractivity contribution in [2.45, 2.75) is 32.4 Å². The van der Waals surface area contributed by atoms with Crippen LogP contribution in [0.4, 0.5) is 0 Å². The molecule has 2 aromatic carbocycles. The second-order valence-electron chi connectivity index (χ2n) is 7.01. The van der Waals surface area contributed by atoms with Gasteiger partial charge in [-0.1, -0.05) is 24.3 Å². The van der Waals surface area contributed by atoms with Gasteiger partial charge in [0.15, 0.2) is 5.43 Å². The first kappa shape index (κ1) is 17.7. The van der Waals surface area contributed by atoms with Crippen molar-refractivity contribution in [2.24, 2.45) is 0 Å². The van der Waals surface area contributed by atoms with Gasteiger partial charge in [-0.15, -0.1) is 0 Å². The highest BCUT2D eigenvalue weighted by atomic mass is 16.5. The smallest absolute Gasteiger partial charge is 0.242 e. The number of aromatic nitrogens is 1. The van der Waals surface area contributed by atoms with E-state index in [4.69, 9.17) is 4.74 Å². The van der Waals surface area contributed by atoms with Crippen LogP contribution in [0.15, 0.2) is 53.3 Å². The van der Waals surface area contributed by atoms with Crippen LogP contribution in [0, 0.1) is 0 Å². The second-order valence-corrected chi connectivity index (χ2v) is 7.01. The number of ether oxygens (including phenoxy) is 1. The molecule has 1 aliphatic heterocycles. The zero-order valence-corrected chi connectivity index (χ0v) is 15.6. The molecule has 1 saturated heterocycles. The Hall–Kier alpha value is -2.66. The summed E-state index contributed by atoms with van der Waals surface area (Å²) in [5.41, 5.74) is 1.61. The van der Waals surface area contributed by atoms with Crippen LogP contribution in [0.3, 0.4) is 0 Å². The van der Waals surface area contributed by atoms with E-state index in [-0.39, 0.29) is 24.0 Å². The fourth-order valence-electron chi connectivity index (χ4n) is 4.02. The fraction of sp³-hybridized carbons (Fsp3) is 0.364. The Morgan fingerprint density at radius 2 is 1.70 bits per heavy atom. The molecule has 0 spiro atoms. The van der Waals surface area contributed by atoms with Gasteiger partial charge in [0.05, 0.1) is 17.1 Å². The number of carbonyl (C=O) groups is 1. The Kier molecular flexibility index (Phi) is 4.94. The molecule has 0 N–H and O–H groups in total. The Morgan fingerprint density at radius 1 is 1.07 bits per heavy atom. The van der Waals surface area contributed by atoms with Crippen LogP contribution in [0.2, 0.25) is 0 Å². The van der Waals surface area contributed by atoms with E-state index in [1.165, 1.54) is 0 Å². The Bertz CT molecular complexity index is 979. The van der Waals surface area contributed by atoms with Crippen molar-refractivity contribution >= 4 is 27.7 Å². The van der Waals surface area contributed by atoms with E-state index in [0.717, 1.165) is 30.4 Å². The first-order valence-electron chi connectivity index (χ1n) is 9.58. The van der Waals surface area contributed by atoms with Crippen molar-refractivity contribution in [1.29, 1.82) is 0 Å². The zero-order chi connectivity index (χ0) is 18.8. The number of nitrogens with zero attached hydrogens (tertiary/aromatic N) is 2. The number of rotatable bonds is 4. The summed E-state index contributed by atoms with van der Waals surface area (Å²) in [6.07, 6.45) is 2.08. The predicted molar refractivity (Wildman–Crippen MR) is 107 cm³/mol. The van der Waals surface area contributed by atoms with Gasteiger partial charge < -0.3 is 14.2 Å². The lowest BCUT2D eigenvalue weighted by molar-refractivity contribution is -0.135.